The van der Waals surface area contributed by atoms with Crippen LogP contribution >= 0.6 is 12.2 Å². The lowest BCUT2D eigenvalue weighted by atomic mass is 10.0. The molecule has 1 aliphatic rings. The molecule has 6 nitrogen and oxygen atoms in total. The van der Waals surface area contributed by atoms with Crippen molar-refractivity contribution in [2.45, 2.75) is 32.5 Å². The van der Waals surface area contributed by atoms with Crippen LogP contribution in [0.5, 0.6) is 11.5 Å². The molecular weight excluding hydrogens is 419 g/mol. The summed E-state index contributed by atoms with van der Waals surface area (Å²) in [5.74, 6) is 0.944. The summed E-state index contributed by atoms with van der Waals surface area (Å²) < 4.78 is 54.3. The van der Waals surface area contributed by atoms with Crippen LogP contribution in [0.2, 0.25) is 0 Å². The normalized spacial score (nSPS) is 14.7. The van der Waals surface area contributed by atoms with E-state index in [0.29, 0.717) is 36.7 Å². The first kappa shape index (κ1) is 20.4. The molecule has 0 saturated heterocycles. The van der Waals surface area contributed by atoms with Gasteiger partial charge in [0.25, 0.3) is 5.56 Å². The molecule has 0 bridgehead atoms. The Balaban J connectivity index is 2.07. The van der Waals surface area contributed by atoms with Crippen LogP contribution in [0.15, 0.2) is 29.1 Å². The second-order valence-corrected chi connectivity index (χ2v) is 7.38. The molecule has 3 heterocycles. The van der Waals surface area contributed by atoms with E-state index in [1.807, 2.05) is 6.92 Å². The molecule has 0 saturated carbocycles. The molecule has 0 radical (unpaired) electrons. The molecule has 1 unspecified atom stereocenters. The lowest BCUT2D eigenvalue weighted by Gasteiger charge is -2.21. The van der Waals surface area contributed by atoms with Crippen LogP contribution in [-0.4, -0.2) is 27.7 Å². The molecule has 1 atom stereocenters. The Bertz CT molecular complexity index is 1250. The lowest BCUT2D eigenvalue weighted by molar-refractivity contribution is -0.136. The largest absolute Gasteiger partial charge is 0.486 e. The van der Waals surface area contributed by atoms with Gasteiger partial charge in [-0.15, -0.1) is 0 Å². The summed E-state index contributed by atoms with van der Waals surface area (Å²) in [6, 6.07) is 5.44. The predicted molar refractivity (Wildman–Crippen MR) is 108 cm³/mol. The van der Waals surface area contributed by atoms with E-state index in [1.165, 1.54) is 4.57 Å². The van der Waals surface area contributed by atoms with E-state index in [-0.39, 0.29) is 22.2 Å². The number of hydrogen-bond acceptors (Lipinski definition) is 5. The zero-order valence-corrected chi connectivity index (χ0v) is 17.0. The van der Waals surface area contributed by atoms with Gasteiger partial charge in [0.15, 0.2) is 16.3 Å². The lowest BCUT2D eigenvalue weighted by Crippen LogP contribution is -2.22. The number of halogens is 3. The fourth-order valence-corrected chi connectivity index (χ4v) is 3.77. The van der Waals surface area contributed by atoms with Gasteiger partial charge in [-0.3, -0.25) is 14.3 Å². The third kappa shape index (κ3) is 3.45. The van der Waals surface area contributed by atoms with Gasteiger partial charge in [0, 0.05) is 11.6 Å². The maximum Gasteiger partial charge on any atom is 0.417 e. The molecule has 0 amide bonds. The standard InChI is InChI=1S/C20H18F3N3O3S/c1-3-10(2)26-17-16(18(27)25-19(26)30)12(20(21,22)23)9-13(24-17)11-4-5-14-15(8-11)29-7-6-28-14/h4-5,8-10H,3,6-7H2,1-2H3,(H,25,27,30). The molecular formula is C20H18F3N3O3S. The van der Waals surface area contributed by atoms with Crippen molar-refractivity contribution in [2.24, 2.45) is 0 Å². The average Bonchev–Trinajstić information content (AvgIpc) is 2.71. The number of rotatable bonds is 3. The smallest absolute Gasteiger partial charge is 0.417 e. The van der Waals surface area contributed by atoms with Crippen molar-refractivity contribution in [1.82, 2.24) is 14.5 Å². The molecule has 4 rings (SSSR count). The molecule has 158 valence electrons. The van der Waals surface area contributed by atoms with Crippen LogP contribution < -0.4 is 15.0 Å². The van der Waals surface area contributed by atoms with Crippen LogP contribution in [0.25, 0.3) is 22.3 Å². The molecule has 1 N–H and O–H groups in total. The summed E-state index contributed by atoms with van der Waals surface area (Å²) in [5, 5.41) is -0.530. The minimum Gasteiger partial charge on any atom is -0.486 e. The van der Waals surface area contributed by atoms with Crippen LogP contribution in [0, 0.1) is 4.77 Å². The number of ether oxygens (including phenoxy) is 2. The number of H-pyrrole nitrogens is 1. The average molecular weight is 437 g/mol. The third-order valence-corrected chi connectivity index (χ3v) is 5.37. The van der Waals surface area contributed by atoms with E-state index < -0.39 is 22.7 Å². The molecule has 10 heteroatoms. The van der Waals surface area contributed by atoms with Gasteiger partial charge in [0.2, 0.25) is 0 Å². The minimum absolute atomic E-state index is 0.0294. The summed E-state index contributed by atoms with van der Waals surface area (Å²) >= 11 is 5.24. The number of hydrogen-bond donors (Lipinski definition) is 1. The minimum atomic E-state index is -4.76. The van der Waals surface area contributed by atoms with Gasteiger partial charge in [-0.1, -0.05) is 6.92 Å². The van der Waals surface area contributed by atoms with E-state index in [2.05, 4.69) is 9.97 Å². The number of aromatic amines is 1. The van der Waals surface area contributed by atoms with E-state index in [0.717, 1.165) is 6.07 Å². The number of aromatic nitrogens is 3. The first-order chi connectivity index (χ1) is 14.2. The second kappa shape index (κ2) is 7.42. The van der Waals surface area contributed by atoms with Crippen LogP contribution in [0.3, 0.4) is 0 Å². The Hall–Kier alpha value is -2.88. The summed E-state index contributed by atoms with van der Waals surface area (Å²) in [4.78, 5) is 19.3. The summed E-state index contributed by atoms with van der Waals surface area (Å²) in [7, 11) is 0. The summed E-state index contributed by atoms with van der Waals surface area (Å²) in [6.07, 6.45) is -4.17. The van der Waals surface area contributed by atoms with Gasteiger partial charge in [0.05, 0.1) is 16.6 Å². The van der Waals surface area contributed by atoms with Crippen molar-refractivity contribution < 1.29 is 22.6 Å². The highest BCUT2D eigenvalue weighted by molar-refractivity contribution is 7.71. The third-order valence-electron chi connectivity index (χ3n) is 5.07. The molecule has 3 aromatic rings. The number of pyridine rings is 1. The van der Waals surface area contributed by atoms with E-state index in [1.54, 1.807) is 25.1 Å². The molecule has 30 heavy (non-hydrogen) atoms. The van der Waals surface area contributed by atoms with Crippen molar-refractivity contribution in [3.8, 4) is 22.8 Å². The monoisotopic (exact) mass is 437 g/mol. The topological polar surface area (TPSA) is 69.1 Å². The summed E-state index contributed by atoms with van der Waals surface area (Å²) in [5.41, 5.74) is -1.61. The predicted octanol–water partition coefficient (Wildman–Crippen LogP) is 4.88. The Morgan fingerprint density at radius 3 is 2.60 bits per heavy atom. The molecule has 1 aliphatic heterocycles. The molecule has 2 aromatic heterocycles. The maximum absolute atomic E-state index is 13.9. The van der Waals surface area contributed by atoms with Crippen molar-refractivity contribution in [2.75, 3.05) is 13.2 Å². The van der Waals surface area contributed by atoms with Crippen LogP contribution in [-0.2, 0) is 6.18 Å². The Morgan fingerprint density at radius 1 is 1.23 bits per heavy atom. The Morgan fingerprint density at radius 2 is 1.93 bits per heavy atom. The molecule has 0 spiro atoms. The summed E-state index contributed by atoms with van der Waals surface area (Å²) in [6.45, 7) is 4.42. The highest BCUT2D eigenvalue weighted by Crippen LogP contribution is 2.38. The number of alkyl halides is 3. The Labute approximate surface area is 174 Å². The number of fused-ring (bicyclic) bond motifs is 2. The van der Waals surface area contributed by atoms with E-state index in [9.17, 15) is 18.0 Å². The van der Waals surface area contributed by atoms with Gasteiger partial charge < -0.3 is 9.47 Å². The number of nitrogens with one attached hydrogen (secondary N) is 1. The number of benzene rings is 1. The molecule has 0 aliphatic carbocycles. The van der Waals surface area contributed by atoms with E-state index >= 15 is 0 Å². The van der Waals surface area contributed by atoms with Gasteiger partial charge in [-0.2, -0.15) is 13.2 Å². The van der Waals surface area contributed by atoms with Crippen LogP contribution in [0.4, 0.5) is 13.2 Å². The Kier molecular flexibility index (Phi) is 5.05. The second-order valence-electron chi connectivity index (χ2n) is 7.00. The van der Waals surface area contributed by atoms with Crippen molar-refractivity contribution in [1.29, 1.82) is 0 Å². The fraction of sp³-hybridized carbons (Fsp3) is 0.350. The van der Waals surface area contributed by atoms with Crippen molar-refractivity contribution in [3.05, 3.63) is 45.0 Å². The molecule has 0 fully saturated rings. The van der Waals surface area contributed by atoms with Crippen molar-refractivity contribution >= 4 is 23.3 Å². The fourth-order valence-electron chi connectivity index (χ4n) is 3.41. The highest BCUT2D eigenvalue weighted by atomic mass is 32.1. The zero-order valence-electron chi connectivity index (χ0n) is 16.2. The van der Waals surface area contributed by atoms with Gasteiger partial charge in [0.1, 0.15) is 18.9 Å². The first-order valence-electron chi connectivity index (χ1n) is 9.37. The SMILES string of the molecule is CCC(C)n1c(=S)[nH]c(=O)c2c(C(F)(F)F)cc(-c3ccc4c(c3)OCCO4)nc21. The van der Waals surface area contributed by atoms with Gasteiger partial charge >= 0.3 is 6.18 Å². The van der Waals surface area contributed by atoms with Crippen LogP contribution in [0.1, 0.15) is 31.9 Å². The van der Waals surface area contributed by atoms with Gasteiger partial charge in [-0.25, -0.2) is 4.98 Å². The van der Waals surface area contributed by atoms with Gasteiger partial charge in [-0.05, 0) is 49.8 Å². The van der Waals surface area contributed by atoms with E-state index in [4.69, 9.17) is 21.7 Å². The zero-order chi connectivity index (χ0) is 21.6. The first-order valence-corrected chi connectivity index (χ1v) is 9.78. The quantitative estimate of drug-likeness (QED) is 0.592. The maximum atomic E-state index is 13.9. The molecule has 1 aromatic carbocycles. The number of nitrogens with zero attached hydrogens (tertiary/aromatic N) is 2. The highest BCUT2D eigenvalue weighted by Gasteiger charge is 2.36. The van der Waals surface area contributed by atoms with Crippen molar-refractivity contribution in [3.63, 3.8) is 0 Å².